The second kappa shape index (κ2) is 9.70. The maximum Gasteiger partial charge on any atom is 0.254 e. The van der Waals surface area contributed by atoms with Crippen molar-refractivity contribution in [2.75, 3.05) is 13.1 Å². The lowest BCUT2D eigenvalue weighted by Crippen LogP contribution is -2.46. The predicted octanol–water partition coefficient (Wildman–Crippen LogP) is 4.47. The zero-order chi connectivity index (χ0) is 24.4. The Balaban J connectivity index is 1.36. The third kappa shape index (κ3) is 4.67. The van der Waals surface area contributed by atoms with E-state index in [2.05, 4.69) is 10.3 Å². The fraction of sp³-hybridized carbons (Fsp3) is 0.250. The van der Waals surface area contributed by atoms with Crippen LogP contribution >= 0.6 is 0 Å². The number of benzene rings is 3. The lowest BCUT2D eigenvalue weighted by atomic mass is 9.94. The molecule has 1 fully saturated rings. The van der Waals surface area contributed by atoms with Crippen LogP contribution in [0.4, 0.5) is 4.39 Å². The maximum absolute atomic E-state index is 14.0. The summed E-state index contributed by atoms with van der Waals surface area (Å²) in [5.41, 5.74) is 1.27. The van der Waals surface area contributed by atoms with E-state index in [1.807, 2.05) is 54.1 Å². The van der Waals surface area contributed by atoms with E-state index in [9.17, 15) is 14.0 Å². The van der Waals surface area contributed by atoms with Gasteiger partial charge < -0.3 is 14.8 Å². The molecule has 2 unspecified atom stereocenters. The number of hydrogen-bond acceptors (Lipinski definition) is 3. The summed E-state index contributed by atoms with van der Waals surface area (Å²) >= 11 is 0. The number of hydrogen-bond donors (Lipinski definition) is 1. The first kappa shape index (κ1) is 22.8. The van der Waals surface area contributed by atoms with E-state index in [0.717, 1.165) is 17.2 Å². The molecule has 0 bridgehead atoms. The van der Waals surface area contributed by atoms with Gasteiger partial charge in [0.15, 0.2) is 0 Å². The summed E-state index contributed by atoms with van der Waals surface area (Å²) < 4.78 is 15.8. The van der Waals surface area contributed by atoms with Gasteiger partial charge in [0, 0.05) is 38.1 Å². The number of piperidine rings is 1. The van der Waals surface area contributed by atoms with Crippen LogP contribution in [0.15, 0.2) is 79.1 Å². The number of rotatable bonds is 5. The maximum atomic E-state index is 14.0. The summed E-state index contributed by atoms with van der Waals surface area (Å²) in [5.74, 6) is -0.356. The van der Waals surface area contributed by atoms with E-state index in [1.165, 1.54) is 12.1 Å². The van der Waals surface area contributed by atoms with Crippen LogP contribution in [-0.4, -0.2) is 39.4 Å². The monoisotopic (exact) mass is 470 g/mol. The number of imidazole rings is 1. The zero-order valence-corrected chi connectivity index (χ0v) is 19.5. The van der Waals surface area contributed by atoms with Crippen LogP contribution in [0.25, 0.3) is 10.8 Å². The molecule has 0 radical (unpaired) electrons. The van der Waals surface area contributed by atoms with E-state index in [0.29, 0.717) is 36.5 Å². The number of carbonyl (C=O) groups excluding carboxylic acids is 2. The van der Waals surface area contributed by atoms with E-state index < -0.39 is 6.04 Å². The summed E-state index contributed by atoms with van der Waals surface area (Å²) in [7, 11) is 1.84. The largest absolute Gasteiger partial charge is 0.342 e. The van der Waals surface area contributed by atoms with Gasteiger partial charge in [-0.05, 0) is 47.4 Å². The van der Waals surface area contributed by atoms with Crippen LogP contribution < -0.4 is 5.32 Å². The molecule has 6 nitrogen and oxygen atoms in total. The molecule has 2 atom stereocenters. The highest BCUT2D eigenvalue weighted by atomic mass is 19.1. The Kier molecular flexibility index (Phi) is 6.31. The summed E-state index contributed by atoms with van der Waals surface area (Å²) in [6.07, 6.45) is 4.86. The normalized spacial score (nSPS) is 16.7. The fourth-order valence-corrected chi connectivity index (χ4v) is 4.86. The van der Waals surface area contributed by atoms with E-state index >= 15 is 0 Å². The molecule has 0 spiro atoms. The molecule has 1 N–H and O–H groups in total. The lowest BCUT2D eigenvalue weighted by Gasteiger charge is -2.33. The summed E-state index contributed by atoms with van der Waals surface area (Å²) in [5, 5.41) is 5.00. The van der Waals surface area contributed by atoms with Gasteiger partial charge in [-0.2, -0.15) is 0 Å². The number of halogens is 1. The number of fused-ring (bicyclic) bond motifs is 1. The number of aromatic nitrogens is 2. The molecule has 7 heteroatoms. The Morgan fingerprint density at radius 1 is 1.09 bits per heavy atom. The highest BCUT2D eigenvalue weighted by Gasteiger charge is 2.32. The molecule has 35 heavy (non-hydrogen) atoms. The first-order chi connectivity index (χ1) is 17.0. The van der Waals surface area contributed by atoms with Crippen molar-refractivity contribution in [2.45, 2.75) is 18.9 Å². The van der Waals surface area contributed by atoms with E-state index in [-0.39, 0.29) is 23.5 Å². The average Bonchev–Trinajstić information content (AvgIpc) is 3.31. The van der Waals surface area contributed by atoms with Gasteiger partial charge in [-0.25, -0.2) is 9.37 Å². The van der Waals surface area contributed by atoms with Crippen molar-refractivity contribution in [3.8, 4) is 0 Å². The first-order valence-corrected chi connectivity index (χ1v) is 11.8. The average molecular weight is 471 g/mol. The number of nitrogens with one attached hydrogen (secondary N) is 1. The van der Waals surface area contributed by atoms with Crippen LogP contribution in [-0.2, 0) is 11.8 Å². The Labute approximate surface area is 203 Å². The van der Waals surface area contributed by atoms with Gasteiger partial charge in [-0.3, -0.25) is 9.59 Å². The van der Waals surface area contributed by atoms with Gasteiger partial charge >= 0.3 is 0 Å². The van der Waals surface area contributed by atoms with Crippen molar-refractivity contribution in [3.05, 3.63) is 102 Å². The highest BCUT2D eigenvalue weighted by Crippen LogP contribution is 2.26. The standard InChI is InChI=1S/C28H27FN4O2/c1-32-16-14-30-26(32)25(20-9-4-11-22(29)17-20)31-27(34)21-10-6-15-33(18-21)28(35)24-13-5-8-19-7-2-3-12-23(19)24/h2-5,7-9,11-14,16-17,21,25H,6,10,15,18H2,1H3,(H,31,34). The minimum absolute atomic E-state index is 0.0647. The van der Waals surface area contributed by atoms with Gasteiger partial charge in [0.05, 0.1) is 5.92 Å². The van der Waals surface area contributed by atoms with Crippen LogP contribution in [0, 0.1) is 11.7 Å². The highest BCUT2D eigenvalue weighted by molar-refractivity contribution is 6.07. The Morgan fingerprint density at radius 2 is 1.89 bits per heavy atom. The SMILES string of the molecule is Cn1ccnc1C(NC(=O)C1CCCN(C(=O)c2cccc3ccccc23)C1)c1cccc(F)c1. The molecule has 178 valence electrons. The Bertz CT molecular complexity index is 1380. The van der Waals surface area contributed by atoms with Gasteiger partial charge in [0.2, 0.25) is 5.91 Å². The molecular formula is C28H27FN4O2. The molecular weight excluding hydrogens is 443 g/mol. The Morgan fingerprint density at radius 3 is 2.69 bits per heavy atom. The van der Waals surface area contributed by atoms with Crippen LogP contribution in [0.5, 0.6) is 0 Å². The summed E-state index contributed by atoms with van der Waals surface area (Å²) in [4.78, 5) is 33.0. The topological polar surface area (TPSA) is 67.2 Å². The predicted molar refractivity (Wildman–Crippen MR) is 132 cm³/mol. The molecule has 1 aliphatic heterocycles. The van der Waals surface area contributed by atoms with Crippen molar-refractivity contribution >= 4 is 22.6 Å². The molecule has 2 heterocycles. The zero-order valence-electron chi connectivity index (χ0n) is 19.5. The van der Waals surface area contributed by atoms with Crippen LogP contribution in [0.3, 0.4) is 0 Å². The molecule has 2 amide bonds. The minimum atomic E-state index is -0.595. The molecule has 5 rings (SSSR count). The van der Waals surface area contributed by atoms with Crippen LogP contribution in [0.2, 0.25) is 0 Å². The van der Waals surface area contributed by atoms with Gasteiger partial charge in [0.1, 0.15) is 17.7 Å². The van der Waals surface area contributed by atoms with Crippen molar-refractivity contribution in [1.82, 2.24) is 19.8 Å². The Hall–Kier alpha value is -4.00. The van der Waals surface area contributed by atoms with Gasteiger partial charge in [-0.1, -0.05) is 48.5 Å². The van der Waals surface area contributed by atoms with Gasteiger partial charge in [0.25, 0.3) is 5.91 Å². The number of amides is 2. The minimum Gasteiger partial charge on any atom is -0.342 e. The van der Waals surface area contributed by atoms with Crippen molar-refractivity contribution < 1.29 is 14.0 Å². The molecule has 1 aliphatic rings. The second-order valence-corrected chi connectivity index (χ2v) is 9.01. The molecule has 0 saturated carbocycles. The van der Waals surface area contributed by atoms with Crippen molar-refractivity contribution in [2.24, 2.45) is 13.0 Å². The first-order valence-electron chi connectivity index (χ1n) is 11.8. The van der Waals surface area contributed by atoms with Crippen LogP contribution in [0.1, 0.15) is 40.6 Å². The summed E-state index contributed by atoms with van der Waals surface area (Å²) in [6, 6.07) is 19.1. The van der Waals surface area contributed by atoms with Gasteiger partial charge in [-0.15, -0.1) is 0 Å². The third-order valence-electron chi connectivity index (χ3n) is 6.68. The number of aryl methyl sites for hydroxylation is 1. The smallest absolute Gasteiger partial charge is 0.254 e. The van der Waals surface area contributed by atoms with Crippen molar-refractivity contribution in [3.63, 3.8) is 0 Å². The molecule has 1 aromatic heterocycles. The number of likely N-dealkylation sites (tertiary alicyclic amines) is 1. The second-order valence-electron chi connectivity index (χ2n) is 9.01. The number of carbonyl (C=O) groups is 2. The number of nitrogens with zero attached hydrogens (tertiary/aromatic N) is 3. The lowest BCUT2D eigenvalue weighted by molar-refractivity contribution is -0.126. The quantitative estimate of drug-likeness (QED) is 0.468. The van der Waals surface area contributed by atoms with E-state index in [4.69, 9.17) is 0 Å². The van der Waals surface area contributed by atoms with Crippen molar-refractivity contribution in [1.29, 1.82) is 0 Å². The fourth-order valence-electron chi connectivity index (χ4n) is 4.86. The molecule has 1 saturated heterocycles. The summed E-state index contributed by atoms with van der Waals surface area (Å²) in [6.45, 7) is 0.947. The third-order valence-corrected chi connectivity index (χ3v) is 6.68. The molecule has 4 aromatic rings. The molecule has 0 aliphatic carbocycles. The van der Waals surface area contributed by atoms with E-state index in [1.54, 1.807) is 29.4 Å². The molecule has 3 aromatic carbocycles.